The lowest BCUT2D eigenvalue weighted by molar-refractivity contribution is -0.145. The van der Waals surface area contributed by atoms with Crippen LogP contribution < -0.4 is 5.32 Å². The molecule has 1 aromatic rings. The Kier molecular flexibility index (Phi) is 16.2. The normalized spacial score (nSPS) is 11.9. The minimum Gasteiger partial charge on any atom is -0.464 e. The Balaban J connectivity index is 1.98. The number of benzene rings is 1. The highest BCUT2D eigenvalue weighted by molar-refractivity contribution is 5.97. The number of halogens is 2. The maximum absolute atomic E-state index is 13.7. The van der Waals surface area contributed by atoms with Crippen LogP contribution in [0.5, 0.6) is 0 Å². The number of nitrogens with one attached hydrogen (secondary N) is 1. The van der Waals surface area contributed by atoms with E-state index in [2.05, 4.69) is 12.2 Å². The smallest absolute Gasteiger partial charge is 0.328 e. The predicted octanol–water partition coefficient (Wildman–Crippen LogP) is 7.50. The minimum absolute atomic E-state index is 0.283. The molecule has 0 saturated heterocycles. The van der Waals surface area contributed by atoms with Crippen LogP contribution in [0.4, 0.5) is 8.78 Å². The molecule has 0 bridgehead atoms. The number of ether oxygens (including phenoxy) is 1. The van der Waals surface area contributed by atoms with E-state index in [1.54, 1.807) is 0 Å². The third-order valence-corrected chi connectivity index (χ3v) is 5.88. The van der Waals surface area contributed by atoms with Gasteiger partial charge < -0.3 is 10.1 Å². The van der Waals surface area contributed by atoms with E-state index in [4.69, 9.17) is 4.74 Å². The standard InChI is InChI=1S/C27H43F2NO3/c1-3-4-5-6-7-8-9-10-11-12-13-14-15-16-17-21-33-27(32)22(2)30-26(31)25-23(28)19-18-20-24(25)29/h18-20,22H,3-17,21H2,1-2H3,(H,30,31)/t22-/m0/s1. The third-order valence-electron chi connectivity index (χ3n) is 5.88. The van der Waals surface area contributed by atoms with Gasteiger partial charge in [0.2, 0.25) is 0 Å². The largest absolute Gasteiger partial charge is 0.464 e. The molecule has 1 rings (SSSR count). The summed E-state index contributed by atoms with van der Waals surface area (Å²) < 4.78 is 32.5. The number of hydrogen-bond acceptors (Lipinski definition) is 3. The number of carbonyl (C=O) groups excluding carboxylic acids is 2. The molecule has 0 heterocycles. The SMILES string of the molecule is CCCCCCCCCCCCCCCCCOC(=O)[C@H](C)NC(=O)c1c(F)cccc1F. The van der Waals surface area contributed by atoms with Crippen LogP contribution in [-0.4, -0.2) is 24.5 Å². The maximum Gasteiger partial charge on any atom is 0.328 e. The highest BCUT2D eigenvalue weighted by atomic mass is 19.1. The Morgan fingerprint density at radius 1 is 0.788 bits per heavy atom. The monoisotopic (exact) mass is 467 g/mol. The van der Waals surface area contributed by atoms with Crippen molar-refractivity contribution < 1.29 is 23.1 Å². The summed E-state index contributed by atoms with van der Waals surface area (Å²) in [5, 5.41) is 2.29. The number of hydrogen-bond donors (Lipinski definition) is 1. The van der Waals surface area contributed by atoms with Gasteiger partial charge in [0, 0.05) is 0 Å². The lowest BCUT2D eigenvalue weighted by Crippen LogP contribution is -2.40. The van der Waals surface area contributed by atoms with E-state index < -0.39 is 35.1 Å². The van der Waals surface area contributed by atoms with Gasteiger partial charge in [-0.05, 0) is 25.5 Å². The van der Waals surface area contributed by atoms with Crippen molar-refractivity contribution in [3.8, 4) is 0 Å². The van der Waals surface area contributed by atoms with E-state index in [0.717, 1.165) is 31.4 Å². The average Bonchev–Trinajstić information content (AvgIpc) is 2.78. The fourth-order valence-electron chi connectivity index (χ4n) is 3.81. The molecule has 1 aromatic carbocycles. The van der Waals surface area contributed by atoms with Gasteiger partial charge in [-0.15, -0.1) is 0 Å². The minimum atomic E-state index is -0.979. The van der Waals surface area contributed by atoms with Gasteiger partial charge in [0.05, 0.1) is 6.61 Å². The Labute approximate surface area is 198 Å². The summed E-state index contributed by atoms with van der Waals surface area (Å²) >= 11 is 0. The molecule has 4 nitrogen and oxygen atoms in total. The van der Waals surface area contributed by atoms with E-state index in [1.807, 2.05) is 0 Å². The van der Waals surface area contributed by atoms with Crippen LogP contribution in [0.25, 0.3) is 0 Å². The molecule has 1 N–H and O–H groups in total. The molecule has 0 fully saturated rings. The van der Waals surface area contributed by atoms with Crippen LogP contribution in [-0.2, 0) is 9.53 Å². The zero-order valence-corrected chi connectivity index (χ0v) is 20.6. The summed E-state index contributed by atoms with van der Waals surface area (Å²) in [4.78, 5) is 24.0. The van der Waals surface area contributed by atoms with Gasteiger partial charge in [0.1, 0.15) is 23.2 Å². The van der Waals surface area contributed by atoms with Gasteiger partial charge >= 0.3 is 5.97 Å². The van der Waals surface area contributed by atoms with Crippen LogP contribution in [0.1, 0.15) is 121 Å². The summed E-state index contributed by atoms with van der Waals surface area (Å²) in [6.45, 7) is 3.97. The van der Waals surface area contributed by atoms with Crippen molar-refractivity contribution in [2.45, 2.75) is 116 Å². The predicted molar refractivity (Wildman–Crippen MR) is 129 cm³/mol. The summed E-state index contributed by atoms with van der Waals surface area (Å²) in [5.41, 5.74) is -0.695. The van der Waals surface area contributed by atoms with E-state index >= 15 is 0 Å². The van der Waals surface area contributed by atoms with E-state index in [9.17, 15) is 18.4 Å². The molecule has 1 atom stereocenters. The van der Waals surface area contributed by atoms with Gasteiger partial charge in [-0.25, -0.2) is 13.6 Å². The van der Waals surface area contributed by atoms with Crippen LogP contribution >= 0.6 is 0 Å². The zero-order valence-electron chi connectivity index (χ0n) is 20.6. The molecule has 0 spiro atoms. The van der Waals surface area contributed by atoms with E-state index in [-0.39, 0.29) is 6.61 Å². The lowest BCUT2D eigenvalue weighted by Gasteiger charge is -2.14. The Morgan fingerprint density at radius 3 is 1.67 bits per heavy atom. The molecular weight excluding hydrogens is 424 g/mol. The number of rotatable bonds is 19. The topological polar surface area (TPSA) is 55.4 Å². The Morgan fingerprint density at radius 2 is 1.21 bits per heavy atom. The van der Waals surface area contributed by atoms with Gasteiger partial charge in [-0.2, -0.15) is 0 Å². The third kappa shape index (κ3) is 13.3. The second-order valence-electron chi connectivity index (χ2n) is 8.91. The van der Waals surface area contributed by atoms with Crippen LogP contribution in [0, 0.1) is 11.6 Å². The molecule has 188 valence electrons. The number of carbonyl (C=O) groups is 2. The molecule has 0 aliphatic rings. The molecule has 0 aliphatic heterocycles. The van der Waals surface area contributed by atoms with Crippen molar-refractivity contribution in [2.24, 2.45) is 0 Å². The first-order chi connectivity index (χ1) is 16.0. The maximum atomic E-state index is 13.7. The van der Waals surface area contributed by atoms with Crippen LogP contribution in [0.3, 0.4) is 0 Å². The fraction of sp³-hybridized carbons (Fsp3) is 0.704. The second kappa shape index (κ2) is 18.4. The van der Waals surface area contributed by atoms with Crippen molar-refractivity contribution >= 4 is 11.9 Å². The van der Waals surface area contributed by atoms with Gasteiger partial charge in [-0.3, -0.25) is 4.79 Å². The first-order valence-corrected chi connectivity index (χ1v) is 12.9. The fourth-order valence-corrected chi connectivity index (χ4v) is 3.81. The molecule has 0 radical (unpaired) electrons. The molecule has 0 saturated carbocycles. The molecule has 0 aromatic heterocycles. The Hall–Kier alpha value is -1.98. The highest BCUT2D eigenvalue weighted by Gasteiger charge is 2.22. The molecule has 33 heavy (non-hydrogen) atoms. The summed E-state index contributed by atoms with van der Waals surface area (Å²) in [7, 11) is 0. The van der Waals surface area contributed by atoms with Gasteiger partial charge in [0.15, 0.2) is 0 Å². The number of esters is 1. The number of amides is 1. The first-order valence-electron chi connectivity index (χ1n) is 12.9. The van der Waals surface area contributed by atoms with Crippen LogP contribution in [0.2, 0.25) is 0 Å². The highest BCUT2D eigenvalue weighted by Crippen LogP contribution is 2.14. The van der Waals surface area contributed by atoms with Gasteiger partial charge in [-0.1, -0.05) is 103 Å². The summed E-state index contributed by atoms with van der Waals surface area (Å²) in [6.07, 6.45) is 18.9. The van der Waals surface area contributed by atoms with Crippen LogP contribution in [0.15, 0.2) is 18.2 Å². The molecule has 1 amide bonds. The van der Waals surface area contributed by atoms with Crippen molar-refractivity contribution in [3.05, 3.63) is 35.4 Å². The quantitative estimate of drug-likeness (QED) is 0.169. The van der Waals surface area contributed by atoms with Crippen molar-refractivity contribution in [2.75, 3.05) is 6.61 Å². The average molecular weight is 468 g/mol. The van der Waals surface area contributed by atoms with Gasteiger partial charge in [0.25, 0.3) is 5.91 Å². The van der Waals surface area contributed by atoms with Crippen molar-refractivity contribution in [1.29, 1.82) is 0 Å². The van der Waals surface area contributed by atoms with Crippen molar-refractivity contribution in [3.63, 3.8) is 0 Å². The van der Waals surface area contributed by atoms with Crippen molar-refractivity contribution in [1.82, 2.24) is 5.32 Å². The lowest BCUT2D eigenvalue weighted by atomic mass is 10.0. The summed E-state index contributed by atoms with van der Waals surface area (Å²) in [5.74, 6) is -3.51. The molecule has 0 aliphatic carbocycles. The Bertz CT molecular complexity index is 661. The molecule has 6 heteroatoms. The second-order valence-corrected chi connectivity index (χ2v) is 8.91. The van der Waals surface area contributed by atoms with E-state index in [1.165, 1.54) is 90.0 Å². The first kappa shape index (κ1) is 29.1. The molecule has 0 unspecified atom stereocenters. The zero-order chi connectivity index (χ0) is 24.3. The number of unbranched alkanes of at least 4 members (excludes halogenated alkanes) is 14. The summed E-state index contributed by atoms with van der Waals surface area (Å²) in [6, 6.07) is 2.19. The molecular formula is C27H43F2NO3. The van der Waals surface area contributed by atoms with E-state index in [0.29, 0.717) is 0 Å².